The molecule has 2 aromatic carbocycles. The van der Waals surface area contributed by atoms with Crippen molar-refractivity contribution < 1.29 is 4.79 Å². The molecule has 0 saturated carbocycles. The summed E-state index contributed by atoms with van der Waals surface area (Å²) in [5.41, 5.74) is 4.75. The Morgan fingerprint density at radius 3 is 2.52 bits per heavy atom. The summed E-state index contributed by atoms with van der Waals surface area (Å²) in [7, 11) is 0. The summed E-state index contributed by atoms with van der Waals surface area (Å²) in [6.07, 6.45) is 1.79. The maximum absolute atomic E-state index is 11.8. The summed E-state index contributed by atoms with van der Waals surface area (Å²) >= 11 is 5.61. The molecule has 1 aliphatic rings. The first-order valence-electron chi connectivity index (χ1n) is 10.4. The maximum Gasteiger partial charge on any atom is 0.319 e. The van der Waals surface area contributed by atoms with Crippen LogP contribution in [0.5, 0.6) is 0 Å². The second-order valence-electron chi connectivity index (χ2n) is 7.54. The van der Waals surface area contributed by atoms with Crippen LogP contribution in [0.4, 0.5) is 16.2 Å². The Labute approximate surface area is 179 Å². The van der Waals surface area contributed by atoms with Gasteiger partial charge in [-0.1, -0.05) is 24.3 Å². The van der Waals surface area contributed by atoms with E-state index in [1.54, 1.807) is 0 Å². The van der Waals surface area contributed by atoms with Gasteiger partial charge in [0.2, 0.25) is 0 Å². The molecule has 1 heterocycles. The van der Waals surface area contributed by atoms with Gasteiger partial charge in [-0.2, -0.15) is 0 Å². The summed E-state index contributed by atoms with van der Waals surface area (Å²) in [4.78, 5) is 16.8. The van der Waals surface area contributed by atoms with Crippen LogP contribution in [0.2, 0.25) is 0 Å². The second kappa shape index (κ2) is 11.1. The van der Waals surface area contributed by atoms with Crippen LogP contribution in [0.25, 0.3) is 0 Å². The van der Waals surface area contributed by atoms with Crippen LogP contribution in [0.15, 0.2) is 48.5 Å². The zero-order chi connectivity index (χ0) is 20.5. The van der Waals surface area contributed by atoms with Crippen LogP contribution in [-0.2, 0) is 6.42 Å². The number of halogens is 1. The largest absolute Gasteiger partial charge is 0.369 e. The minimum atomic E-state index is -0.186. The van der Waals surface area contributed by atoms with Gasteiger partial charge in [0.15, 0.2) is 0 Å². The van der Waals surface area contributed by atoms with E-state index in [4.69, 9.17) is 11.6 Å². The number of alkyl halides is 1. The second-order valence-corrected chi connectivity index (χ2v) is 7.92. The first-order chi connectivity index (χ1) is 14.1. The SMILES string of the molecule is Cc1cccc(N2CCN(CCc3ccc(NC(=O)NCCCCl)cc3)CC2)c1. The number of aryl methyl sites for hydroxylation is 1. The Bertz CT molecular complexity index is 773. The number of nitrogens with zero attached hydrogens (tertiary/aromatic N) is 2. The van der Waals surface area contributed by atoms with Crippen molar-refractivity contribution in [3.8, 4) is 0 Å². The molecule has 3 rings (SSSR count). The Morgan fingerprint density at radius 2 is 1.83 bits per heavy atom. The lowest BCUT2D eigenvalue weighted by Crippen LogP contribution is -2.47. The smallest absolute Gasteiger partial charge is 0.319 e. The highest BCUT2D eigenvalue weighted by Crippen LogP contribution is 2.18. The Balaban J connectivity index is 1.39. The number of piperazine rings is 1. The van der Waals surface area contributed by atoms with Crippen molar-refractivity contribution in [1.82, 2.24) is 10.2 Å². The topological polar surface area (TPSA) is 47.6 Å². The van der Waals surface area contributed by atoms with E-state index in [-0.39, 0.29) is 6.03 Å². The van der Waals surface area contributed by atoms with E-state index in [9.17, 15) is 4.79 Å². The molecule has 0 aliphatic carbocycles. The highest BCUT2D eigenvalue weighted by molar-refractivity contribution is 6.17. The van der Waals surface area contributed by atoms with Gasteiger partial charge in [-0.25, -0.2) is 4.79 Å². The summed E-state index contributed by atoms with van der Waals surface area (Å²) < 4.78 is 0. The van der Waals surface area contributed by atoms with Gasteiger partial charge in [0.1, 0.15) is 0 Å². The van der Waals surface area contributed by atoms with Crippen molar-refractivity contribution in [2.24, 2.45) is 0 Å². The fourth-order valence-electron chi connectivity index (χ4n) is 3.54. The lowest BCUT2D eigenvalue weighted by Gasteiger charge is -2.36. The zero-order valence-corrected chi connectivity index (χ0v) is 17.9. The third-order valence-electron chi connectivity index (χ3n) is 5.26. The first-order valence-corrected chi connectivity index (χ1v) is 10.9. The molecule has 0 radical (unpaired) electrons. The number of amides is 2. The van der Waals surface area contributed by atoms with Gasteiger partial charge in [0, 0.05) is 56.5 Å². The molecule has 29 heavy (non-hydrogen) atoms. The number of hydrogen-bond acceptors (Lipinski definition) is 3. The Hall–Kier alpha value is -2.24. The molecular weight excluding hydrogens is 384 g/mol. The minimum Gasteiger partial charge on any atom is -0.369 e. The molecule has 5 nitrogen and oxygen atoms in total. The van der Waals surface area contributed by atoms with E-state index >= 15 is 0 Å². The zero-order valence-electron chi connectivity index (χ0n) is 17.2. The number of anilines is 2. The Morgan fingerprint density at radius 1 is 1.07 bits per heavy atom. The van der Waals surface area contributed by atoms with Crippen molar-refractivity contribution in [1.29, 1.82) is 0 Å². The fraction of sp³-hybridized carbons (Fsp3) is 0.435. The molecule has 2 aromatic rings. The van der Waals surface area contributed by atoms with Crippen LogP contribution < -0.4 is 15.5 Å². The van der Waals surface area contributed by atoms with E-state index < -0.39 is 0 Å². The Kier molecular flexibility index (Phi) is 8.20. The highest BCUT2D eigenvalue weighted by atomic mass is 35.5. The van der Waals surface area contributed by atoms with Crippen LogP contribution in [0, 0.1) is 6.92 Å². The van der Waals surface area contributed by atoms with E-state index in [1.807, 2.05) is 12.1 Å². The van der Waals surface area contributed by atoms with Crippen molar-refractivity contribution in [2.75, 3.05) is 55.4 Å². The quantitative estimate of drug-likeness (QED) is 0.504. The minimum absolute atomic E-state index is 0.186. The summed E-state index contributed by atoms with van der Waals surface area (Å²) in [6.45, 7) is 8.13. The maximum atomic E-state index is 11.8. The first kappa shape index (κ1) is 21.5. The summed E-state index contributed by atoms with van der Waals surface area (Å²) in [5, 5.41) is 5.64. The van der Waals surface area contributed by atoms with Gasteiger partial charge in [-0.15, -0.1) is 11.6 Å². The van der Waals surface area contributed by atoms with Crippen LogP contribution in [0.3, 0.4) is 0 Å². The third-order valence-corrected chi connectivity index (χ3v) is 5.53. The molecule has 0 aromatic heterocycles. The molecule has 1 aliphatic heterocycles. The van der Waals surface area contributed by atoms with Crippen molar-refractivity contribution in [2.45, 2.75) is 19.8 Å². The standard InChI is InChI=1S/C23H31ClN4O/c1-19-4-2-5-22(18-19)28-16-14-27(15-17-28)13-10-20-6-8-21(9-7-20)26-23(29)25-12-3-11-24/h2,4-9,18H,3,10-17H2,1H3,(H2,25,26,29). The van der Waals surface area contributed by atoms with Gasteiger partial charge in [-0.05, 0) is 55.2 Å². The third kappa shape index (κ3) is 6.94. The van der Waals surface area contributed by atoms with E-state index in [2.05, 4.69) is 63.8 Å². The number of benzene rings is 2. The van der Waals surface area contributed by atoms with Gasteiger partial charge < -0.3 is 15.5 Å². The van der Waals surface area contributed by atoms with Gasteiger partial charge in [0.25, 0.3) is 0 Å². The molecule has 0 unspecified atom stereocenters. The van der Waals surface area contributed by atoms with E-state index in [0.29, 0.717) is 12.4 Å². The molecule has 2 amide bonds. The number of carbonyl (C=O) groups excluding carboxylic acids is 1. The van der Waals surface area contributed by atoms with Crippen LogP contribution in [-0.4, -0.2) is 56.1 Å². The van der Waals surface area contributed by atoms with E-state index in [1.165, 1.54) is 16.8 Å². The molecule has 0 bridgehead atoms. The normalized spacial score (nSPS) is 14.6. The molecule has 2 N–H and O–H groups in total. The predicted molar refractivity (Wildman–Crippen MR) is 122 cm³/mol. The van der Waals surface area contributed by atoms with Gasteiger partial charge >= 0.3 is 6.03 Å². The monoisotopic (exact) mass is 414 g/mol. The summed E-state index contributed by atoms with van der Waals surface area (Å²) in [5.74, 6) is 0.552. The molecular formula is C23H31ClN4O. The summed E-state index contributed by atoms with van der Waals surface area (Å²) in [6, 6.07) is 16.7. The van der Waals surface area contributed by atoms with Gasteiger partial charge in [0.05, 0.1) is 0 Å². The van der Waals surface area contributed by atoms with E-state index in [0.717, 1.165) is 51.3 Å². The molecule has 0 atom stereocenters. The highest BCUT2D eigenvalue weighted by Gasteiger charge is 2.17. The number of carbonyl (C=O) groups is 1. The molecule has 0 spiro atoms. The van der Waals surface area contributed by atoms with Crippen LogP contribution in [0.1, 0.15) is 17.5 Å². The average Bonchev–Trinajstić information content (AvgIpc) is 2.74. The van der Waals surface area contributed by atoms with Crippen molar-refractivity contribution in [3.63, 3.8) is 0 Å². The molecule has 1 saturated heterocycles. The lowest BCUT2D eigenvalue weighted by atomic mass is 10.1. The molecule has 6 heteroatoms. The molecule has 156 valence electrons. The number of rotatable bonds is 8. The van der Waals surface area contributed by atoms with Gasteiger partial charge in [-0.3, -0.25) is 4.90 Å². The van der Waals surface area contributed by atoms with Crippen LogP contribution >= 0.6 is 11.6 Å². The fourth-order valence-corrected chi connectivity index (χ4v) is 3.67. The number of hydrogen-bond donors (Lipinski definition) is 2. The van der Waals surface area contributed by atoms with Crippen molar-refractivity contribution in [3.05, 3.63) is 59.7 Å². The number of nitrogens with one attached hydrogen (secondary N) is 2. The number of urea groups is 1. The average molecular weight is 415 g/mol. The van der Waals surface area contributed by atoms with Crippen molar-refractivity contribution >= 4 is 29.0 Å². The lowest BCUT2D eigenvalue weighted by molar-refractivity contribution is 0.252. The molecule has 1 fully saturated rings. The predicted octanol–water partition coefficient (Wildman–Crippen LogP) is 4.11.